The van der Waals surface area contributed by atoms with Crippen LogP contribution >= 0.6 is 11.6 Å². The van der Waals surface area contributed by atoms with E-state index in [1.165, 1.54) is 30.3 Å². The fourth-order valence-corrected chi connectivity index (χ4v) is 3.04. The Morgan fingerprint density at radius 3 is 2.65 bits per heavy atom. The maximum absolute atomic E-state index is 13.7. The minimum Gasteiger partial charge on any atom is -0.507 e. The molecule has 0 unspecified atom stereocenters. The normalized spacial score (nSPS) is 11.3. The van der Waals surface area contributed by atoms with Gasteiger partial charge in [0.25, 0.3) is 10.0 Å². The predicted molar refractivity (Wildman–Crippen MR) is 75.1 cm³/mol. The summed E-state index contributed by atoms with van der Waals surface area (Å²) < 4.78 is 40.1. The summed E-state index contributed by atoms with van der Waals surface area (Å²) >= 11 is 5.59. The van der Waals surface area contributed by atoms with Gasteiger partial charge in [-0.2, -0.15) is 0 Å². The molecule has 0 heterocycles. The zero-order chi connectivity index (χ0) is 14.9. The highest BCUT2D eigenvalue weighted by molar-refractivity contribution is 7.92. The number of anilines is 1. The molecular formula is C13H11ClFNO3S. The second kappa shape index (κ2) is 5.30. The van der Waals surface area contributed by atoms with Gasteiger partial charge in [0.1, 0.15) is 10.6 Å². The number of benzene rings is 2. The summed E-state index contributed by atoms with van der Waals surface area (Å²) in [6.07, 6.45) is 0. The highest BCUT2D eigenvalue weighted by Gasteiger charge is 2.21. The fourth-order valence-electron chi connectivity index (χ4n) is 1.62. The number of sulfonamides is 1. The van der Waals surface area contributed by atoms with E-state index in [9.17, 15) is 17.9 Å². The summed E-state index contributed by atoms with van der Waals surface area (Å²) in [5.41, 5.74) is 0.369. The van der Waals surface area contributed by atoms with Gasteiger partial charge in [0.15, 0.2) is 5.82 Å². The van der Waals surface area contributed by atoms with E-state index in [1.807, 2.05) is 0 Å². The highest BCUT2D eigenvalue weighted by atomic mass is 35.5. The van der Waals surface area contributed by atoms with Crippen LogP contribution in [0.1, 0.15) is 5.56 Å². The number of nitrogens with one attached hydrogen (secondary N) is 1. The maximum atomic E-state index is 13.7. The molecular weight excluding hydrogens is 305 g/mol. The Morgan fingerprint density at radius 2 is 1.95 bits per heavy atom. The van der Waals surface area contributed by atoms with Crippen molar-refractivity contribution in [3.05, 3.63) is 52.8 Å². The van der Waals surface area contributed by atoms with Crippen molar-refractivity contribution in [2.45, 2.75) is 11.8 Å². The van der Waals surface area contributed by atoms with Crippen LogP contribution in [0.3, 0.4) is 0 Å². The Balaban J connectivity index is 2.46. The van der Waals surface area contributed by atoms with Crippen molar-refractivity contribution in [3.63, 3.8) is 0 Å². The van der Waals surface area contributed by atoms with Gasteiger partial charge in [0.05, 0.1) is 10.7 Å². The van der Waals surface area contributed by atoms with E-state index in [-0.39, 0.29) is 15.6 Å². The Hall–Kier alpha value is -1.79. The molecule has 0 amide bonds. The third-order valence-corrected chi connectivity index (χ3v) is 4.29. The van der Waals surface area contributed by atoms with Crippen molar-refractivity contribution in [2.24, 2.45) is 0 Å². The van der Waals surface area contributed by atoms with Crippen molar-refractivity contribution in [1.29, 1.82) is 0 Å². The van der Waals surface area contributed by atoms with Gasteiger partial charge >= 0.3 is 0 Å². The predicted octanol–water partition coefficient (Wildman–Crippen LogP) is 3.29. The highest BCUT2D eigenvalue weighted by Crippen LogP contribution is 2.28. The monoisotopic (exact) mass is 315 g/mol. The molecule has 4 nitrogen and oxygen atoms in total. The molecule has 106 valence electrons. The molecule has 20 heavy (non-hydrogen) atoms. The first-order valence-corrected chi connectivity index (χ1v) is 7.44. The van der Waals surface area contributed by atoms with Crippen LogP contribution in [-0.4, -0.2) is 13.5 Å². The second-order valence-electron chi connectivity index (χ2n) is 4.18. The zero-order valence-corrected chi connectivity index (χ0v) is 12.0. The lowest BCUT2D eigenvalue weighted by Crippen LogP contribution is -2.14. The average molecular weight is 316 g/mol. The first-order chi connectivity index (χ1) is 9.31. The zero-order valence-electron chi connectivity index (χ0n) is 10.4. The van der Waals surface area contributed by atoms with Gasteiger partial charge in [0, 0.05) is 0 Å². The van der Waals surface area contributed by atoms with Crippen molar-refractivity contribution < 1.29 is 17.9 Å². The third kappa shape index (κ3) is 2.86. The lowest BCUT2D eigenvalue weighted by molar-refractivity contribution is 0.459. The van der Waals surface area contributed by atoms with Crippen LogP contribution in [0.5, 0.6) is 5.75 Å². The van der Waals surface area contributed by atoms with E-state index in [2.05, 4.69) is 4.72 Å². The molecule has 0 aliphatic rings. The molecule has 2 N–H and O–H groups in total. The molecule has 0 fully saturated rings. The van der Waals surface area contributed by atoms with Crippen LogP contribution < -0.4 is 4.72 Å². The molecule has 0 aliphatic carbocycles. The first-order valence-electron chi connectivity index (χ1n) is 5.58. The number of phenols is 1. The van der Waals surface area contributed by atoms with E-state index in [1.54, 1.807) is 13.0 Å². The van der Waals surface area contributed by atoms with E-state index >= 15 is 0 Å². The maximum Gasteiger partial charge on any atom is 0.265 e. The number of hydrogen-bond acceptors (Lipinski definition) is 3. The number of aryl methyl sites for hydroxylation is 1. The Bertz CT molecular complexity index is 762. The molecule has 0 saturated heterocycles. The van der Waals surface area contributed by atoms with Gasteiger partial charge in [-0.05, 0) is 36.8 Å². The Morgan fingerprint density at radius 1 is 1.25 bits per heavy atom. The smallest absolute Gasteiger partial charge is 0.265 e. The van der Waals surface area contributed by atoms with E-state index < -0.39 is 21.6 Å². The molecule has 2 aromatic rings. The fraction of sp³-hybridized carbons (Fsp3) is 0.0769. The lowest BCUT2D eigenvalue weighted by Gasteiger charge is -2.11. The van der Waals surface area contributed by atoms with Gasteiger partial charge in [-0.1, -0.05) is 23.7 Å². The minimum absolute atomic E-state index is 0.196. The van der Waals surface area contributed by atoms with Gasteiger partial charge in [-0.15, -0.1) is 0 Å². The van der Waals surface area contributed by atoms with E-state index in [4.69, 9.17) is 11.6 Å². The number of rotatable bonds is 3. The quantitative estimate of drug-likeness (QED) is 0.913. The molecule has 0 spiro atoms. The molecule has 7 heteroatoms. The number of hydrogen-bond donors (Lipinski definition) is 2. The van der Waals surface area contributed by atoms with Crippen LogP contribution in [0, 0.1) is 12.7 Å². The SMILES string of the molecule is Cc1ccc(O)c(S(=O)(=O)Nc2cccc(Cl)c2F)c1. The number of aromatic hydroxyl groups is 1. The van der Waals surface area contributed by atoms with Gasteiger partial charge in [-0.3, -0.25) is 4.72 Å². The molecule has 0 aromatic heterocycles. The third-order valence-electron chi connectivity index (χ3n) is 2.60. The topological polar surface area (TPSA) is 66.4 Å². The summed E-state index contributed by atoms with van der Waals surface area (Å²) in [4.78, 5) is -0.322. The summed E-state index contributed by atoms with van der Waals surface area (Å²) in [7, 11) is -4.10. The Kier molecular flexibility index (Phi) is 3.87. The average Bonchev–Trinajstić information content (AvgIpc) is 2.37. The minimum atomic E-state index is -4.10. The van der Waals surface area contributed by atoms with Crippen molar-refractivity contribution >= 4 is 27.3 Å². The molecule has 0 atom stereocenters. The largest absolute Gasteiger partial charge is 0.507 e. The molecule has 0 radical (unpaired) electrons. The van der Waals surface area contributed by atoms with Gasteiger partial charge in [-0.25, -0.2) is 12.8 Å². The Labute approximate surface area is 120 Å². The molecule has 2 aromatic carbocycles. The van der Waals surface area contributed by atoms with Crippen LogP contribution in [0.2, 0.25) is 5.02 Å². The first kappa shape index (κ1) is 14.6. The van der Waals surface area contributed by atoms with Crippen molar-refractivity contribution in [1.82, 2.24) is 0 Å². The van der Waals surface area contributed by atoms with Gasteiger partial charge < -0.3 is 5.11 Å². The van der Waals surface area contributed by atoms with Crippen LogP contribution in [0.4, 0.5) is 10.1 Å². The van der Waals surface area contributed by atoms with Crippen LogP contribution in [0.15, 0.2) is 41.3 Å². The van der Waals surface area contributed by atoms with E-state index in [0.717, 1.165) is 0 Å². The van der Waals surface area contributed by atoms with Crippen LogP contribution in [-0.2, 0) is 10.0 Å². The second-order valence-corrected chi connectivity index (χ2v) is 6.24. The van der Waals surface area contributed by atoms with Crippen LogP contribution in [0.25, 0.3) is 0 Å². The van der Waals surface area contributed by atoms with Gasteiger partial charge in [0.2, 0.25) is 0 Å². The molecule has 0 bridgehead atoms. The summed E-state index contributed by atoms with van der Waals surface area (Å²) in [5.74, 6) is -1.28. The molecule has 0 saturated carbocycles. The molecule has 0 aliphatic heterocycles. The lowest BCUT2D eigenvalue weighted by atomic mass is 10.2. The standard InChI is InChI=1S/C13H11ClFNO3S/c1-8-5-6-11(17)12(7-8)20(18,19)16-10-4-2-3-9(14)13(10)15/h2-7,16-17H,1H3. The molecule has 2 rings (SSSR count). The number of phenolic OH excluding ortho intramolecular Hbond substituents is 1. The number of halogens is 2. The summed E-state index contributed by atoms with van der Waals surface area (Å²) in [6.45, 7) is 1.68. The van der Waals surface area contributed by atoms with Crippen molar-refractivity contribution in [2.75, 3.05) is 4.72 Å². The van der Waals surface area contributed by atoms with E-state index in [0.29, 0.717) is 5.56 Å². The summed E-state index contributed by atoms with van der Waals surface area (Å²) in [5, 5.41) is 9.44. The summed E-state index contributed by atoms with van der Waals surface area (Å²) in [6, 6.07) is 8.08. The van der Waals surface area contributed by atoms with Crippen molar-refractivity contribution in [3.8, 4) is 5.75 Å².